The minimum Gasteiger partial charge on any atom is -0.507 e. The standard InChI is InChI=1S/C10H10O2S/c11-7-9-4-3-8(2-1-5-13)6-10(9)12/h1-4,6-7,12-13H,5H2. The first-order chi connectivity index (χ1) is 6.27. The van der Waals surface area contributed by atoms with Crippen molar-refractivity contribution < 1.29 is 9.90 Å². The van der Waals surface area contributed by atoms with Crippen LogP contribution in [0.1, 0.15) is 15.9 Å². The van der Waals surface area contributed by atoms with E-state index in [4.69, 9.17) is 0 Å². The molecule has 0 aromatic heterocycles. The molecule has 0 aliphatic heterocycles. The van der Waals surface area contributed by atoms with E-state index < -0.39 is 0 Å². The molecule has 0 radical (unpaired) electrons. The number of phenols is 1. The Hall–Kier alpha value is -1.22. The molecule has 13 heavy (non-hydrogen) atoms. The molecule has 0 atom stereocenters. The summed E-state index contributed by atoms with van der Waals surface area (Å²) >= 11 is 4.01. The van der Waals surface area contributed by atoms with Crippen molar-refractivity contribution in [2.24, 2.45) is 0 Å². The first kappa shape index (κ1) is 9.86. The summed E-state index contributed by atoms with van der Waals surface area (Å²) < 4.78 is 0. The van der Waals surface area contributed by atoms with Crippen LogP contribution >= 0.6 is 12.6 Å². The highest BCUT2D eigenvalue weighted by atomic mass is 32.1. The number of phenolic OH excluding ortho intramolecular Hbond substituents is 1. The van der Waals surface area contributed by atoms with Gasteiger partial charge in [0.25, 0.3) is 0 Å². The fourth-order valence-electron chi connectivity index (χ4n) is 0.953. The second-order valence-electron chi connectivity index (χ2n) is 2.52. The number of benzene rings is 1. The zero-order chi connectivity index (χ0) is 9.68. The van der Waals surface area contributed by atoms with Gasteiger partial charge in [0.15, 0.2) is 6.29 Å². The van der Waals surface area contributed by atoms with E-state index >= 15 is 0 Å². The van der Waals surface area contributed by atoms with Crippen LogP contribution in [0.25, 0.3) is 6.08 Å². The van der Waals surface area contributed by atoms with Crippen LogP contribution < -0.4 is 0 Å². The number of thiol groups is 1. The van der Waals surface area contributed by atoms with E-state index in [1.807, 2.05) is 12.2 Å². The Kier molecular flexibility index (Phi) is 3.58. The van der Waals surface area contributed by atoms with Crippen LogP contribution in [0, 0.1) is 0 Å². The van der Waals surface area contributed by atoms with Crippen molar-refractivity contribution in [3.63, 3.8) is 0 Å². The summed E-state index contributed by atoms with van der Waals surface area (Å²) in [7, 11) is 0. The van der Waals surface area contributed by atoms with Crippen molar-refractivity contribution in [1.82, 2.24) is 0 Å². The molecular formula is C10H10O2S. The molecule has 0 saturated carbocycles. The molecule has 2 nitrogen and oxygen atoms in total. The van der Waals surface area contributed by atoms with Crippen LogP contribution in [0.3, 0.4) is 0 Å². The lowest BCUT2D eigenvalue weighted by Crippen LogP contribution is -1.81. The number of hydrogen-bond donors (Lipinski definition) is 2. The predicted molar refractivity (Wildman–Crippen MR) is 56.4 cm³/mol. The van der Waals surface area contributed by atoms with Gasteiger partial charge in [-0.1, -0.05) is 18.2 Å². The topological polar surface area (TPSA) is 37.3 Å². The van der Waals surface area contributed by atoms with E-state index in [1.54, 1.807) is 18.2 Å². The van der Waals surface area contributed by atoms with Crippen molar-refractivity contribution in [2.45, 2.75) is 0 Å². The summed E-state index contributed by atoms with van der Waals surface area (Å²) in [6, 6.07) is 4.90. The maximum Gasteiger partial charge on any atom is 0.153 e. The summed E-state index contributed by atoms with van der Waals surface area (Å²) in [5, 5.41) is 9.31. The Balaban J connectivity index is 2.95. The highest BCUT2D eigenvalue weighted by Gasteiger charge is 1.98. The van der Waals surface area contributed by atoms with Gasteiger partial charge in [-0.25, -0.2) is 0 Å². The molecule has 3 heteroatoms. The van der Waals surface area contributed by atoms with Gasteiger partial charge in [0.1, 0.15) is 5.75 Å². The minimum absolute atomic E-state index is 0.0105. The molecule has 0 bridgehead atoms. The molecule has 1 N–H and O–H groups in total. The molecule has 0 fully saturated rings. The van der Waals surface area contributed by atoms with E-state index in [2.05, 4.69) is 12.6 Å². The van der Waals surface area contributed by atoms with Gasteiger partial charge in [0.05, 0.1) is 5.56 Å². The fourth-order valence-corrected chi connectivity index (χ4v) is 1.06. The molecule has 0 spiro atoms. The minimum atomic E-state index is 0.0105. The maximum absolute atomic E-state index is 10.4. The van der Waals surface area contributed by atoms with Gasteiger partial charge in [-0.2, -0.15) is 12.6 Å². The van der Waals surface area contributed by atoms with Crippen molar-refractivity contribution in [3.05, 3.63) is 35.4 Å². The predicted octanol–water partition coefficient (Wildman–Crippen LogP) is 2.15. The molecule has 0 unspecified atom stereocenters. The van der Waals surface area contributed by atoms with Crippen molar-refractivity contribution >= 4 is 25.0 Å². The Labute approximate surface area is 82.3 Å². The van der Waals surface area contributed by atoms with Gasteiger partial charge in [-0.3, -0.25) is 4.79 Å². The summed E-state index contributed by atoms with van der Waals surface area (Å²) in [6.07, 6.45) is 4.32. The van der Waals surface area contributed by atoms with E-state index in [0.717, 1.165) is 5.56 Å². The number of carbonyl (C=O) groups is 1. The van der Waals surface area contributed by atoms with Gasteiger partial charge in [-0.15, -0.1) is 0 Å². The average Bonchev–Trinajstić information content (AvgIpc) is 2.15. The second-order valence-corrected chi connectivity index (χ2v) is 2.89. The van der Waals surface area contributed by atoms with E-state index in [0.29, 0.717) is 17.6 Å². The number of carbonyl (C=O) groups excluding carboxylic acids is 1. The lowest BCUT2D eigenvalue weighted by molar-refractivity contribution is 0.112. The smallest absolute Gasteiger partial charge is 0.153 e. The molecule has 0 aliphatic carbocycles. The molecular weight excluding hydrogens is 184 g/mol. The van der Waals surface area contributed by atoms with Gasteiger partial charge in [0, 0.05) is 5.75 Å². The number of rotatable bonds is 3. The lowest BCUT2D eigenvalue weighted by Gasteiger charge is -1.98. The third kappa shape index (κ3) is 2.63. The lowest BCUT2D eigenvalue weighted by atomic mass is 10.1. The number of aromatic hydroxyl groups is 1. The fraction of sp³-hybridized carbons (Fsp3) is 0.100. The van der Waals surface area contributed by atoms with Crippen LogP contribution in [-0.2, 0) is 0 Å². The van der Waals surface area contributed by atoms with E-state index in [-0.39, 0.29) is 5.75 Å². The molecule has 0 aliphatic rings. The quantitative estimate of drug-likeness (QED) is 0.571. The van der Waals surface area contributed by atoms with Crippen LogP contribution in [0.5, 0.6) is 5.75 Å². The Bertz CT molecular complexity index is 332. The summed E-state index contributed by atoms with van der Waals surface area (Å²) in [5.41, 5.74) is 1.17. The van der Waals surface area contributed by atoms with Crippen molar-refractivity contribution in [3.8, 4) is 5.75 Å². The Morgan fingerprint density at radius 1 is 1.46 bits per heavy atom. The highest BCUT2D eigenvalue weighted by Crippen LogP contribution is 2.17. The monoisotopic (exact) mass is 194 g/mol. The van der Waals surface area contributed by atoms with Gasteiger partial charge < -0.3 is 5.11 Å². The molecule has 1 rings (SSSR count). The van der Waals surface area contributed by atoms with Gasteiger partial charge in [0.2, 0.25) is 0 Å². The summed E-state index contributed by atoms with van der Waals surface area (Å²) in [6.45, 7) is 0. The van der Waals surface area contributed by atoms with E-state index in [1.165, 1.54) is 0 Å². The largest absolute Gasteiger partial charge is 0.507 e. The number of aldehydes is 1. The first-order valence-corrected chi connectivity index (χ1v) is 4.46. The third-order valence-corrected chi connectivity index (χ3v) is 1.81. The molecule has 1 aromatic carbocycles. The highest BCUT2D eigenvalue weighted by molar-refractivity contribution is 7.80. The van der Waals surface area contributed by atoms with Crippen LogP contribution in [0.2, 0.25) is 0 Å². The second kappa shape index (κ2) is 4.72. The first-order valence-electron chi connectivity index (χ1n) is 3.83. The van der Waals surface area contributed by atoms with Crippen LogP contribution in [0.4, 0.5) is 0 Å². The van der Waals surface area contributed by atoms with E-state index in [9.17, 15) is 9.90 Å². The molecule has 0 amide bonds. The normalized spacial score (nSPS) is 10.5. The SMILES string of the molecule is O=Cc1ccc(C=CCS)cc1O. The summed E-state index contributed by atoms with van der Waals surface area (Å²) in [5.74, 6) is 0.659. The van der Waals surface area contributed by atoms with Gasteiger partial charge in [-0.05, 0) is 17.7 Å². The van der Waals surface area contributed by atoms with Crippen LogP contribution in [-0.4, -0.2) is 17.1 Å². The van der Waals surface area contributed by atoms with Gasteiger partial charge >= 0.3 is 0 Å². The Morgan fingerprint density at radius 2 is 2.23 bits per heavy atom. The molecule has 0 heterocycles. The number of hydrogen-bond acceptors (Lipinski definition) is 3. The third-order valence-electron chi connectivity index (χ3n) is 1.60. The molecule has 0 saturated heterocycles. The summed E-state index contributed by atoms with van der Waals surface area (Å²) in [4.78, 5) is 10.4. The maximum atomic E-state index is 10.4. The average molecular weight is 194 g/mol. The van der Waals surface area contributed by atoms with Crippen molar-refractivity contribution in [1.29, 1.82) is 0 Å². The molecule has 68 valence electrons. The van der Waals surface area contributed by atoms with Crippen LogP contribution in [0.15, 0.2) is 24.3 Å². The Morgan fingerprint density at radius 3 is 2.77 bits per heavy atom. The zero-order valence-corrected chi connectivity index (χ0v) is 7.87. The van der Waals surface area contributed by atoms with Crippen molar-refractivity contribution in [2.75, 3.05) is 5.75 Å². The molecule has 1 aromatic rings. The zero-order valence-electron chi connectivity index (χ0n) is 6.97.